The largest absolute Gasteiger partial charge is 0.458 e. The van der Waals surface area contributed by atoms with Crippen LogP contribution in [0.25, 0.3) is 10.8 Å². The molecule has 0 radical (unpaired) electrons. The van der Waals surface area contributed by atoms with Gasteiger partial charge in [0, 0.05) is 43.6 Å². The molecule has 13 heteroatoms. The number of esters is 1. The van der Waals surface area contributed by atoms with Crippen LogP contribution in [0.5, 0.6) is 0 Å². The topological polar surface area (TPSA) is 199 Å². The van der Waals surface area contributed by atoms with Gasteiger partial charge in [-0.15, -0.1) is 0 Å². The molecule has 0 saturated heterocycles. The number of rotatable bonds is 13. The normalized spacial score (nSPS) is 30.9. The number of aromatic amines is 2. The van der Waals surface area contributed by atoms with Gasteiger partial charge in [0.1, 0.15) is 5.60 Å². The van der Waals surface area contributed by atoms with Crippen molar-refractivity contribution in [1.29, 1.82) is 0 Å². The molecule has 3 saturated carbocycles. The van der Waals surface area contributed by atoms with E-state index in [1.54, 1.807) is 24.3 Å². The Balaban J connectivity index is 0.931. The molecule has 0 aliphatic heterocycles. The number of carbonyl (C=O) groups is 4. The van der Waals surface area contributed by atoms with E-state index in [2.05, 4.69) is 27.3 Å². The number of benzene rings is 1. The fourth-order valence-electron chi connectivity index (χ4n) is 10.3. The molecule has 6 rings (SSSR count). The molecule has 0 unspecified atom stereocenters. The molecule has 1 aromatic carbocycles. The summed E-state index contributed by atoms with van der Waals surface area (Å²) in [5.41, 5.74) is -1.67. The average Bonchev–Trinajstić information content (AvgIpc) is 3.39. The second kappa shape index (κ2) is 14.7. The number of amides is 1. The minimum Gasteiger partial charge on any atom is -0.458 e. The van der Waals surface area contributed by atoms with Crippen molar-refractivity contribution in [3.05, 3.63) is 50.6 Å². The van der Waals surface area contributed by atoms with Gasteiger partial charge in [-0.3, -0.25) is 39.0 Å². The number of aromatic nitrogens is 2. The molecular weight excluding hydrogens is 668 g/mol. The lowest BCUT2D eigenvalue weighted by molar-refractivity contribution is -0.184. The van der Waals surface area contributed by atoms with E-state index >= 15 is 0 Å². The molecule has 3 fully saturated rings. The monoisotopic (exact) mass is 720 g/mol. The lowest BCUT2D eigenvalue weighted by Crippen LogP contribution is -2.62. The van der Waals surface area contributed by atoms with Crippen LogP contribution in [0.3, 0.4) is 0 Å². The van der Waals surface area contributed by atoms with Crippen molar-refractivity contribution in [3.8, 4) is 0 Å². The van der Waals surface area contributed by atoms with Crippen molar-refractivity contribution < 1.29 is 34.1 Å². The van der Waals surface area contributed by atoms with Gasteiger partial charge in [0.15, 0.2) is 12.4 Å². The Morgan fingerprint density at radius 2 is 1.75 bits per heavy atom. The number of allylic oxidation sites excluding steroid dienone is 1. The fourth-order valence-corrected chi connectivity index (χ4v) is 10.3. The second-order valence-corrected chi connectivity index (χ2v) is 15.8. The summed E-state index contributed by atoms with van der Waals surface area (Å²) in [5.74, 6) is -1.34. The number of anilines is 1. The molecule has 7 atom stereocenters. The smallest absolute Gasteiger partial charge is 0.306 e. The van der Waals surface area contributed by atoms with E-state index in [-0.39, 0.29) is 71.7 Å². The number of Topliss-reactive ketones (excluding diaryl/α,β-unsaturated/α-hetero) is 1. The standard InChI is InChI=1S/C39H52N4O9/c1-4-43(24-8-10-26-28(20-24)36(50)42-41-35(26)49)18-6-5-17-40-32(47)11-12-33(48)52-22-31(46)39(51)16-14-29-27-9-7-23-19-25(44)13-15-37(23,2)34(27)30(45)21-38(29,39)3/h8,10,19-20,27,29-30,34,45,51H,4-7,9,11-18,21-22H2,1-3H3,(H,40,47)(H,41,49)(H,42,50)/t27-,29-,30-,34+,37-,38-,39-/m0/s1. The summed E-state index contributed by atoms with van der Waals surface area (Å²) < 4.78 is 5.27. The number of carbonyl (C=O) groups excluding carboxylic acids is 4. The highest BCUT2D eigenvalue weighted by Gasteiger charge is 2.68. The Kier molecular flexibility index (Phi) is 10.7. The van der Waals surface area contributed by atoms with Crippen LogP contribution in [0.4, 0.5) is 5.69 Å². The van der Waals surface area contributed by atoms with E-state index in [0.717, 1.165) is 30.5 Å². The predicted molar refractivity (Wildman–Crippen MR) is 194 cm³/mol. The van der Waals surface area contributed by atoms with Crippen LogP contribution in [0.15, 0.2) is 39.4 Å². The number of aliphatic hydroxyl groups excluding tert-OH is 1. The van der Waals surface area contributed by atoms with Gasteiger partial charge in [0.05, 0.1) is 23.3 Å². The molecular formula is C39H52N4O9. The summed E-state index contributed by atoms with van der Waals surface area (Å²) in [6.45, 7) is 7.22. The zero-order valence-corrected chi connectivity index (χ0v) is 30.4. The summed E-state index contributed by atoms with van der Waals surface area (Å²) in [6.07, 6.45) is 6.06. The van der Waals surface area contributed by atoms with Crippen LogP contribution in [0.1, 0.15) is 91.4 Å². The van der Waals surface area contributed by atoms with Crippen LogP contribution in [0.2, 0.25) is 0 Å². The number of ketones is 2. The Hall–Kier alpha value is -4.10. The average molecular weight is 721 g/mol. The SMILES string of the molecule is CCN(CCCCNC(=O)CCC(=O)OCC(=O)[C@@]1(O)CC[C@H]2[C@@H]3CCC4=CC(=O)CC[C@]4(C)[C@H]3[C@@H](O)C[C@@]21C)c1ccc2c(=O)[nH][nH]c(=O)c2c1. The van der Waals surface area contributed by atoms with Gasteiger partial charge in [-0.25, -0.2) is 0 Å². The molecule has 1 amide bonds. The second-order valence-electron chi connectivity index (χ2n) is 15.8. The van der Waals surface area contributed by atoms with Crippen molar-refractivity contribution >= 4 is 39.9 Å². The molecule has 1 aromatic heterocycles. The Labute approximate surface area is 302 Å². The van der Waals surface area contributed by atoms with Crippen molar-refractivity contribution in [2.24, 2.45) is 28.6 Å². The van der Waals surface area contributed by atoms with Gasteiger partial charge >= 0.3 is 5.97 Å². The maximum absolute atomic E-state index is 13.5. The van der Waals surface area contributed by atoms with E-state index in [1.165, 1.54) is 0 Å². The zero-order valence-electron chi connectivity index (χ0n) is 30.4. The van der Waals surface area contributed by atoms with E-state index in [1.807, 2.05) is 13.8 Å². The van der Waals surface area contributed by atoms with E-state index < -0.39 is 35.5 Å². The third-order valence-corrected chi connectivity index (χ3v) is 13.1. The van der Waals surface area contributed by atoms with Crippen molar-refractivity contribution in [2.75, 3.05) is 31.1 Å². The highest BCUT2D eigenvalue weighted by atomic mass is 16.5. The maximum atomic E-state index is 13.5. The first-order valence-corrected chi connectivity index (χ1v) is 18.8. The van der Waals surface area contributed by atoms with Crippen molar-refractivity contribution in [3.63, 3.8) is 0 Å². The maximum Gasteiger partial charge on any atom is 0.306 e. The van der Waals surface area contributed by atoms with Gasteiger partial charge in [-0.2, -0.15) is 0 Å². The number of nitrogens with zero attached hydrogens (tertiary/aromatic N) is 1. The number of unbranched alkanes of at least 4 members (excludes halogenated alkanes) is 1. The summed E-state index contributed by atoms with van der Waals surface area (Å²) >= 11 is 0. The fraction of sp³-hybridized carbons (Fsp3) is 0.641. The summed E-state index contributed by atoms with van der Waals surface area (Å²) in [4.78, 5) is 77.0. The molecule has 4 aliphatic rings. The number of fused-ring (bicyclic) bond motifs is 6. The van der Waals surface area contributed by atoms with E-state index in [0.29, 0.717) is 56.1 Å². The number of ether oxygens (including phenoxy) is 1. The molecule has 1 heterocycles. The zero-order chi connectivity index (χ0) is 37.4. The lowest BCUT2D eigenvalue weighted by Gasteiger charge is -2.60. The molecule has 4 aliphatic carbocycles. The lowest BCUT2D eigenvalue weighted by atomic mass is 9.45. The van der Waals surface area contributed by atoms with Crippen LogP contribution in [-0.2, 0) is 23.9 Å². The number of hydrogen-bond acceptors (Lipinski definition) is 10. The number of hydrogen-bond donors (Lipinski definition) is 5. The van der Waals surface area contributed by atoms with E-state index in [4.69, 9.17) is 4.74 Å². The Morgan fingerprint density at radius 3 is 2.50 bits per heavy atom. The van der Waals surface area contributed by atoms with Gasteiger partial charge in [0.2, 0.25) is 11.7 Å². The molecule has 0 bridgehead atoms. The first kappa shape index (κ1) is 37.7. The van der Waals surface area contributed by atoms with E-state index in [9.17, 15) is 39.0 Å². The third-order valence-electron chi connectivity index (χ3n) is 13.1. The van der Waals surface area contributed by atoms with Crippen molar-refractivity contribution in [1.82, 2.24) is 15.5 Å². The van der Waals surface area contributed by atoms with Gasteiger partial charge in [-0.1, -0.05) is 19.4 Å². The minimum absolute atomic E-state index is 0.0202. The van der Waals surface area contributed by atoms with Gasteiger partial charge in [-0.05, 0) is 106 Å². The van der Waals surface area contributed by atoms with Gasteiger partial charge < -0.3 is 25.2 Å². The highest BCUT2D eigenvalue weighted by molar-refractivity contribution is 5.92. The molecule has 2 aromatic rings. The Morgan fingerprint density at radius 1 is 1.00 bits per heavy atom. The number of aliphatic hydroxyl groups is 2. The summed E-state index contributed by atoms with van der Waals surface area (Å²) in [6, 6.07) is 5.14. The van der Waals surface area contributed by atoms with Crippen LogP contribution >= 0.6 is 0 Å². The van der Waals surface area contributed by atoms with Gasteiger partial charge in [0.25, 0.3) is 11.1 Å². The highest BCUT2D eigenvalue weighted by Crippen LogP contribution is 2.67. The predicted octanol–water partition coefficient (Wildman–Crippen LogP) is 3.07. The number of nitrogens with one attached hydrogen (secondary N) is 3. The summed E-state index contributed by atoms with van der Waals surface area (Å²) in [5, 5.41) is 31.6. The van der Waals surface area contributed by atoms with Crippen LogP contribution in [0, 0.1) is 28.6 Å². The third kappa shape index (κ3) is 6.77. The quantitative estimate of drug-likeness (QED) is 0.151. The number of H-pyrrole nitrogens is 2. The van der Waals surface area contributed by atoms with Crippen molar-refractivity contribution in [2.45, 2.75) is 103 Å². The first-order chi connectivity index (χ1) is 24.7. The molecule has 13 nitrogen and oxygen atoms in total. The first-order valence-electron chi connectivity index (χ1n) is 18.8. The molecule has 5 N–H and O–H groups in total. The minimum atomic E-state index is -1.74. The van der Waals surface area contributed by atoms with Crippen LogP contribution < -0.4 is 21.3 Å². The molecule has 52 heavy (non-hydrogen) atoms. The molecule has 0 spiro atoms. The summed E-state index contributed by atoms with van der Waals surface area (Å²) in [7, 11) is 0. The van der Waals surface area contributed by atoms with Crippen LogP contribution in [-0.4, -0.2) is 81.8 Å². The molecule has 282 valence electrons. The Bertz CT molecular complexity index is 1880.